The Morgan fingerprint density at radius 1 is 0.882 bits per heavy atom. The average molecular weight is 247 g/mol. The molecule has 17 heavy (non-hydrogen) atoms. The van der Waals surface area contributed by atoms with Crippen molar-refractivity contribution in [2.24, 2.45) is 0 Å². The second-order valence-electron chi connectivity index (χ2n) is 3.78. The minimum atomic E-state index is -3.48. The van der Waals surface area contributed by atoms with E-state index < -0.39 is 10.0 Å². The lowest BCUT2D eigenvalue weighted by atomic mass is 10.2. The molecule has 0 fully saturated rings. The van der Waals surface area contributed by atoms with Crippen LogP contribution in [0.1, 0.15) is 5.56 Å². The van der Waals surface area contributed by atoms with Crippen LogP contribution in [0.2, 0.25) is 0 Å². The zero-order valence-corrected chi connectivity index (χ0v) is 10.2. The maximum atomic E-state index is 12.0. The Balaban J connectivity index is 2.27. The molecule has 3 nitrogen and oxygen atoms in total. The maximum Gasteiger partial charge on any atom is 0.261 e. The Hall–Kier alpha value is -1.81. The van der Waals surface area contributed by atoms with Crippen molar-refractivity contribution in [3.05, 3.63) is 60.2 Å². The summed E-state index contributed by atoms with van der Waals surface area (Å²) in [4.78, 5) is 0.264. The van der Waals surface area contributed by atoms with Gasteiger partial charge in [0, 0.05) is 5.69 Å². The molecule has 0 aliphatic heterocycles. The van der Waals surface area contributed by atoms with Crippen LogP contribution in [0.3, 0.4) is 0 Å². The van der Waals surface area contributed by atoms with Crippen molar-refractivity contribution in [2.75, 3.05) is 4.72 Å². The highest BCUT2D eigenvalue weighted by molar-refractivity contribution is 7.92. The molecule has 0 atom stereocenters. The summed E-state index contributed by atoms with van der Waals surface area (Å²) in [6.07, 6.45) is 0. The number of nitrogens with one attached hydrogen (secondary N) is 1. The molecule has 2 aromatic rings. The van der Waals surface area contributed by atoms with Crippen molar-refractivity contribution in [3.8, 4) is 0 Å². The molecule has 0 amide bonds. The zero-order valence-electron chi connectivity index (χ0n) is 9.42. The fraction of sp³-hybridized carbons (Fsp3) is 0.0769. The second-order valence-corrected chi connectivity index (χ2v) is 5.47. The summed E-state index contributed by atoms with van der Waals surface area (Å²) >= 11 is 0. The van der Waals surface area contributed by atoms with Gasteiger partial charge in [0.1, 0.15) is 0 Å². The number of anilines is 1. The maximum absolute atomic E-state index is 12.0. The largest absolute Gasteiger partial charge is 0.280 e. The summed E-state index contributed by atoms with van der Waals surface area (Å²) in [5.74, 6) is 0. The van der Waals surface area contributed by atoms with E-state index in [0.29, 0.717) is 5.69 Å². The average Bonchev–Trinajstić information content (AvgIpc) is 2.33. The van der Waals surface area contributed by atoms with Gasteiger partial charge in [-0.05, 0) is 31.2 Å². The van der Waals surface area contributed by atoms with Gasteiger partial charge in [-0.3, -0.25) is 4.72 Å². The standard InChI is InChI=1S/C13H13NO2S/c1-11-7-9-12(10-8-11)14-17(15,16)13-5-3-2-4-6-13/h2-10,14H,1H3. The SMILES string of the molecule is Cc1ccc(NS(=O)(=O)c2ccccc2)cc1. The van der Waals surface area contributed by atoms with E-state index in [4.69, 9.17) is 0 Å². The van der Waals surface area contributed by atoms with Gasteiger partial charge >= 0.3 is 0 Å². The molecule has 0 saturated heterocycles. The first-order chi connectivity index (χ1) is 8.08. The molecule has 0 heterocycles. The third-order valence-electron chi connectivity index (χ3n) is 2.36. The molecule has 0 saturated carbocycles. The Morgan fingerprint density at radius 2 is 1.47 bits per heavy atom. The van der Waals surface area contributed by atoms with Crippen molar-refractivity contribution in [1.82, 2.24) is 0 Å². The smallest absolute Gasteiger partial charge is 0.261 e. The molecule has 2 aromatic carbocycles. The monoisotopic (exact) mass is 247 g/mol. The Morgan fingerprint density at radius 3 is 2.06 bits per heavy atom. The second kappa shape index (κ2) is 4.59. The van der Waals surface area contributed by atoms with Crippen LogP contribution in [0.25, 0.3) is 0 Å². The van der Waals surface area contributed by atoms with Crippen LogP contribution in [-0.4, -0.2) is 8.42 Å². The molecule has 0 unspecified atom stereocenters. The minimum absolute atomic E-state index is 0.264. The number of aryl methyl sites for hydroxylation is 1. The number of benzene rings is 2. The lowest BCUT2D eigenvalue weighted by molar-refractivity contribution is 0.601. The predicted octanol–water partition coefficient (Wildman–Crippen LogP) is 2.80. The van der Waals surface area contributed by atoms with Crippen LogP contribution >= 0.6 is 0 Å². The molecule has 0 bridgehead atoms. The van der Waals surface area contributed by atoms with Gasteiger partial charge in [-0.2, -0.15) is 0 Å². The molecule has 88 valence electrons. The van der Waals surface area contributed by atoms with Gasteiger partial charge in [0.2, 0.25) is 0 Å². The highest BCUT2D eigenvalue weighted by atomic mass is 32.2. The molecule has 2 rings (SSSR count). The molecule has 0 spiro atoms. The third-order valence-corrected chi connectivity index (χ3v) is 3.75. The van der Waals surface area contributed by atoms with E-state index >= 15 is 0 Å². The van der Waals surface area contributed by atoms with Crippen LogP contribution in [0.15, 0.2) is 59.5 Å². The molecule has 0 aliphatic rings. The summed E-state index contributed by atoms with van der Waals surface area (Å²) in [6, 6.07) is 15.5. The van der Waals surface area contributed by atoms with Crippen molar-refractivity contribution >= 4 is 15.7 Å². The molecule has 4 heteroatoms. The Kier molecular flexibility index (Phi) is 3.15. The topological polar surface area (TPSA) is 46.2 Å². The lowest BCUT2D eigenvalue weighted by Gasteiger charge is -2.07. The fourth-order valence-corrected chi connectivity index (χ4v) is 2.52. The van der Waals surface area contributed by atoms with Gasteiger partial charge in [-0.25, -0.2) is 8.42 Å². The van der Waals surface area contributed by atoms with Gasteiger partial charge in [0.15, 0.2) is 0 Å². The molecule has 0 aromatic heterocycles. The highest BCUT2D eigenvalue weighted by Crippen LogP contribution is 2.15. The van der Waals surface area contributed by atoms with Crippen LogP contribution in [0.4, 0.5) is 5.69 Å². The van der Waals surface area contributed by atoms with Gasteiger partial charge in [0.05, 0.1) is 4.90 Å². The van der Waals surface area contributed by atoms with E-state index in [-0.39, 0.29) is 4.90 Å². The zero-order chi connectivity index (χ0) is 12.3. The minimum Gasteiger partial charge on any atom is -0.280 e. The predicted molar refractivity (Wildman–Crippen MR) is 68.4 cm³/mol. The van der Waals surface area contributed by atoms with Crippen LogP contribution in [0, 0.1) is 6.92 Å². The van der Waals surface area contributed by atoms with Crippen molar-refractivity contribution < 1.29 is 8.42 Å². The van der Waals surface area contributed by atoms with E-state index in [1.807, 2.05) is 19.1 Å². The number of hydrogen-bond acceptors (Lipinski definition) is 2. The van der Waals surface area contributed by atoms with E-state index in [9.17, 15) is 8.42 Å². The van der Waals surface area contributed by atoms with Gasteiger partial charge in [-0.1, -0.05) is 35.9 Å². The van der Waals surface area contributed by atoms with Crippen LogP contribution < -0.4 is 4.72 Å². The quantitative estimate of drug-likeness (QED) is 0.906. The lowest BCUT2D eigenvalue weighted by Crippen LogP contribution is -2.12. The summed E-state index contributed by atoms with van der Waals surface area (Å²) < 4.78 is 26.5. The van der Waals surface area contributed by atoms with Crippen molar-refractivity contribution in [3.63, 3.8) is 0 Å². The third kappa shape index (κ3) is 2.85. The summed E-state index contributed by atoms with van der Waals surface area (Å²) in [5, 5.41) is 0. The van der Waals surface area contributed by atoms with E-state index in [1.165, 1.54) is 0 Å². The first-order valence-corrected chi connectivity index (χ1v) is 6.71. The van der Waals surface area contributed by atoms with E-state index in [2.05, 4.69) is 4.72 Å². The van der Waals surface area contributed by atoms with Gasteiger partial charge in [0.25, 0.3) is 10.0 Å². The van der Waals surface area contributed by atoms with Gasteiger partial charge < -0.3 is 0 Å². The normalized spacial score (nSPS) is 11.1. The first-order valence-electron chi connectivity index (χ1n) is 5.22. The Bertz CT molecular complexity index is 589. The summed E-state index contributed by atoms with van der Waals surface area (Å²) in [5.41, 5.74) is 1.66. The summed E-state index contributed by atoms with van der Waals surface area (Å²) in [7, 11) is -3.48. The molecule has 1 N–H and O–H groups in total. The van der Waals surface area contributed by atoms with E-state index in [0.717, 1.165) is 5.56 Å². The molecule has 0 radical (unpaired) electrons. The molecule has 0 aliphatic carbocycles. The van der Waals surface area contributed by atoms with E-state index in [1.54, 1.807) is 42.5 Å². The molecular weight excluding hydrogens is 234 g/mol. The fourth-order valence-electron chi connectivity index (χ4n) is 1.44. The number of rotatable bonds is 3. The number of hydrogen-bond donors (Lipinski definition) is 1. The van der Waals surface area contributed by atoms with Crippen molar-refractivity contribution in [2.45, 2.75) is 11.8 Å². The number of sulfonamides is 1. The highest BCUT2D eigenvalue weighted by Gasteiger charge is 2.12. The van der Waals surface area contributed by atoms with Crippen LogP contribution in [-0.2, 0) is 10.0 Å². The van der Waals surface area contributed by atoms with Crippen LogP contribution in [0.5, 0.6) is 0 Å². The molecular formula is C13H13NO2S. The Labute approximate surface area is 101 Å². The summed E-state index contributed by atoms with van der Waals surface area (Å²) in [6.45, 7) is 1.95. The van der Waals surface area contributed by atoms with Gasteiger partial charge in [-0.15, -0.1) is 0 Å². The van der Waals surface area contributed by atoms with Crippen molar-refractivity contribution in [1.29, 1.82) is 0 Å². The first kappa shape index (κ1) is 11.7.